The molecule has 0 amide bonds. The number of benzene rings is 1. The number of fused-ring (bicyclic) bond motifs is 1. The lowest BCUT2D eigenvalue weighted by Gasteiger charge is -2.21. The fourth-order valence-corrected chi connectivity index (χ4v) is 4.16. The van der Waals surface area contributed by atoms with Crippen LogP contribution < -0.4 is 10.1 Å². The molecular formula is C16H17Cl2NOS. The first kappa shape index (κ1) is 15.2. The van der Waals surface area contributed by atoms with Crippen molar-refractivity contribution in [1.82, 2.24) is 5.32 Å². The third kappa shape index (κ3) is 3.07. The molecule has 0 saturated carbocycles. The smallest absolute Gasteiger partial charge is 0.127 e. The zero-order valence-corrected chi connectivity index (χ0v) is 14.1. The summed E-state index contributed by atoms with van der Waals surface area (Å²) in [6.45, 7) is 3.79. The molecule has 2 nitrogen and oxygen atoms in total. The summed E-state index contributed by atoms with van der Waals surface area (Å²) in [6, 6.07) is 5.96. The second-order valence-corrected chi connectivity index (χ2v) is 6.89. The second-order valence-electron chi connectivity index (χ2n) is 5.10. The minimum atomic E-state index is 0.0306. The highest BCUT2D eigenvalue weighted by Gasteiger charge is 2.26. The summed E-state index contributed by atoms with van der Waals surface area (Å²) in [7, 11) is 0. The fraction of sp³-hybridized carbons (Fsp3) is 0.375. The Labute approximate surface area is 139 Å². The Kier molecular flexibility index (Phi) is 4.75. The highest BCUT2D eigenvalue weighted by atomic mass is 35.5. The number of hydrogen-bond acceptors (Lipinski definition) is 3. The normalized spacial score (nSPS) is 14.8. The Bertz CT molecular complexity index is 641. The number of halogens is 2. The van der Waals surface area contributed by atoms with Gasteiger partial charge in [0.05, 0.1) is 17.7 Å². The van der Waals surface area contributed by atoms with Gasteiger partial charge in [0, 0.05) is 21.9 Å². The van der Waals surface area contributed by atoms with Crippen molar-refractivity contribution >= 4 is 34.5 Å². The van der Waals surface area contributed by atoms with Crippen molar-refractivity contribution in [2.45, 2.75) is 25.8 Å². The van der Waals surface area contributed by atoms with Crippen LogP contribution in [0.2, 0.25) is 10.0 Å². The molecule has 0 saturated heterocycles. The van der Waals surface area contributed by atoms with Crippen LogP contribution in [0.15, 0.2) is 23.6 Å². The van der Waals surface area contributed by atoms with E-state index in [1.807, 2.05) is 23.6 Å². The average molecular weight is 342 g/mol. The molecule has 1 aliphatic rings. The highest BCUT2D eigenvalue weighted by molar-refractivity contribution is 7.10. The number of hydrogen-bond donors (Lipinski definition) is 1. The number of nitrogens with one attached hydrogen (secondary N) is 1. The van der Waals surface area contributed by atoms with Crippen LogP contribution in [0.25, 0.3) is 0 Å². The quantitative estimate of drug-likeness (QED) is 0.818. The first-order valence-corrected chi connectivity index (χ1v) is 8.75. The highest BCUT2D eigenvalue weighted by Crippen LogP contribution is 2.41. The molecule has 0 aliphatic carbocycles. The average Bonchev–Trinajstić information content (AvgIpc) is 3.08. The topological polar surface area (TPSA) is 21.3 Å². The van der Waals surface area contributed by atoms with Crippen molar-refractivity contribution in [2.24, 2.45) is 0 Å². The van der Waals surface area contributed by atoms with Gasteiger partial charge in [-0.25, -0.2) is 0 Å². The van der Waals surface area contributed by atoms with E-state index in [1.165, 1.54) is 5.56 Å². The minimum absolute atomic E-state index is 0.0306. The summed E-state index contributed by atoms with van der Waals surface area (Å²) in [5, 5.41) is 7.14. The van der Waals surface area contributed by atoms with Gasteiger partial charge in [-0.05, 0) is 42.1 Å². The maximum atomic E-state index is 6.35. The molecule has 1 aromatic carbocycles. The van der Waals surface area contributed by atoms with Crippen LogP contribution >= 0.6 is 34.5 Å². The molecule has 1 aromatic heterocycles. The Morgan fingerprint density at radius 3 is 2.95 bits per heavy atom. The lowest BCUT2D eigenvalue weighted by molar-refractivity contribution is 0.350. The molecule has 2 aromatic rings. The molecule has 112 valence electrons. The minimum Gasteiger partial charge on any atom is -0.493 e. The summed E-state index contributed by atoms with van der Waals surface area (Å²) < 4.78 is 5.85. The van der Waals surface area contributed by atoms with Crippen LogP contribution in [0.5, 0.6) is 5.75 Å². The van der Waals surface area contributed by atoms with Crippen molar-refractivity contribution in [3.05, 3.63) is 49.6 Å². The lowest BCUT2D eigenvalue weighted by atomic mass is 10.0. The maximum absolute atomic E-state index is 6.35. The van der Waals surface area contributed by atoms with Gasteiger partial charge >= 0.3 is 0 Å². The van der Waals surface area contributed by atoms with Gasteiger partial charge in [0.15, 0.2) is 0 Å². The van der Waals surface area contributed by atoms with Gasteiger partial charge in [0.1, 0.15) is 5.75 Å². The predicted octanol–water partition coefficient (Wildman–Crippen LogP) is 5.08. The van der Waals surface area contributed by atoms with E-state index in [9.17, 15) is 0 Å². The second kappa shape index (κ2) is 6.57. The molecule has 1 N–H and O–H groups in total. The van der Waals surface area contributed by atoms with Gasteiger partial charge in [-0.2, -0.15) is 0 Å². The Morgan fingerprint density at radius 2 is 2.24 bits per heavy atom. The van der Waals surface area contributed by atoms with Crippen LogP contribution in [0.3, 0.4) is 0 Å². The van der Waals surface area contributed by atoms with Crippen LogP contribution in [0, 0.1) is 0 Å². The van der Waals surface area contributed by atoms with Gasteiger partial charge < -0.3 is 10.1 Å². The molecule has 1 unspecified atom stereocenters. The van der Waals surface area contributed by atoms with E-state index >= 15 is 0 Å². The number of rotatable bonds is 5. The maximum Gasteiger partial charge on any atom is 0.127 e. The third-order valence-corrected chi connectivity index (χ3v) is 5.24. The SMILES string of the molecule is CCCNC(c1cc(Cl)cc2c1OCC2)c1sccc1Cl. The summed E-state index contributed by atoms with van der Waals surface area (Å²) in [4.78, 5) is 1.12. The van der Waals surface area contributed by atoms with Gasteiger partial charge in [-0.3, -0.25) is 0 Å². The Morgan fingerprint density at radius 1 is 1.38 bits per heavy atom. The zero-order chi connectivity index (χ0) is 14.8. The van der Waals surface area contributed by atoms with Gasteiger partial charge in [-0.15, -0.1) is 11.3 Å². The number of ether oxygens (including phenoxy) is 1. The molecule has 3 rings (SSSR count). The fourth-order valence-electron chi connectivity index (χ4n) is 2.66. The van der Waals surface area contributed by atoms with Crippen LogP contribution in [0.4, 0.5) is 0 Å². The van der Waals surface area contributed by atoms with E-state index in [0.717, 1.165) is 52.2 Å². The van der Waals surface area contributed by atoms with Gasteiger partial charge in [0.2, 0.25) is 0 Å². The van der Waals surface area contributed by atoms with Crippen molar-refractivity contribution in [2.75, 3.05) is 13.2 Å². The van der Waals surface area contributed by atoms with Crippen molar-refractivity contribution in [3.8, 4) is 5.75 Å². The van der Waals surface area contributed by atoms with Crippen LogP contribution in [-0.2, 0) is 6.42 Å². The molecule has 2 heterocycles. The monoisotopic (exact) mass is 341 g/mol. The van der Waals surface area contributed by atoms with E-state index < -0.39 is 0 Å². The van der Waals surface area contributed by atoms with E-state index in [-0.39, 0.29) is 6.04 Å². The molecule has 1 aliphatic heterocycles. The first-order chi connectivity index (χ1) is 10.2. The molecule has 0 radical (unpaired) electrons. The van der Waals surface area contributed by atoms with E-state index in [1.54, 1.807) is 11.3 Å². The third-order valence-electron chi connectivity index (χ3n) is 3.59. The first-order valence-electron chi connectivity index (χ1n) is 7.12. The van der Waals surface area contributed by atoms with E-state index in [0.29, 0.717) is 0 Å². The van der Waals surface area contributed by atoms with Gasteiger partial charge in [0.25, 0.3) is 0 Å². The predicted molar refractivity (Wildman–Crippen MR) is 90.1 cm³/mol. The summed E-state index contributed by atoms with van der Waals surface area (Å²) >= 11 is 14.3. The van der Waals surface area contributed by atoms with Gasteiger partial charge in [-0.1, -0.05) is 30.1 Å². The Hall–Kier alpha value is -0.740. The molecule has 1 atom stereocenters. The van der Waals surface area contributed by atoms with Crippen molar-refractivity contribution < 1.29 is 4.74 Å². The Balaban J connectivity index is 2.07. The number of thiophene rings is 1. The molecule has 21 heavy (non-hydrogen) atoms. The summed E-state index contributed by atoms with van der Waals surface area (Å²) in [6.07, 6.45) is 1.98. The van der Waals surface area contributed by atoms with E-state index in [4.69, 9.17) is 27.9 Å². The molecular weight excluding hydrogens is 325 g/mol. The molecule has 0 fully saturated rings. The van der Waals surface area contributed by atoms with Crippen LogP contribution in [0.1, 0.15) is 35.4 Å². The van der Waals surface area contributed by atoms with Crippen LogP contribution in [-0.4, -0.2) is 13.2 Å². The standard InChI is InChI=1S/C16H17Cl2NOS/c1-2-5-19-14(16-13(18)4-7-21-16)12-9-11(17)8-10-3-6-20-15(10)12/h4,7-9,14,19H,2-3,5-6H2,1H3. The summed E-state index contributed by atoms with van der Waals surface area (Å²) in [5.41, 5.74) is 2.28. The van der Waals surface area contributed by atoms with Crippen molar-refractivity contribution in [3.63, 3.8) is 0 Å². The molecule has 5 heteroatoms. The molecule has 0 bridgehead atoms. The van der Waals surface area contributed by atoms with E-state index in [2.05, 4.69) is 12.2 Å². The molecule has 0 spiro atoms. The summed E-state index contributed by atoms with van der Waals surface area (Å²) in [5.74, 6) is 0.970. The lowest BCUT2D eigenvalue weighted by Crippen LogP contribution is -2.23. The largest absolute Gasteiger partial charge is 0.493 e. The zero-order valence-electron chi connectivity index (χ0n) is 11.8. The van der Waals surface area contributed by atoms with Crippen molar-refractivity contribution in [1.29, 1.82) is 0 Å².